The van der Waals surface area contributed by atoms with Crippen LogP contribution in [0.1, 0.15) is 21.7 Å². The number of aromatic nitrogens is 4. The Labute approximate surface area is 178 Å². The van der Waals surface area contributed by atoms with Gasteiger partial charge in [0, 0.05) is 11.3 Å². The molecule has 152 valence electrons. The first-order chi connectivity index (χ1) is 15.1. The van der Waals surface area contributed by atoms with Gasteiger partial charge < -0.3 is 9.84 Å². The van der Waals surface area contributed by atoms with Gasteiger partial charge in [-0.25, -0.2) is 4.68 Å². The van der Waals surface area contributed by atoms with E-state index in [-0.39, 0.29) is 11.6 Å². The molecular weight excluding hydrogens is 390 g/mol. The Kier molecular flexibility index (Phi) is 4.55. The lowest BCUT2D eigenvalue weighted by Crippen LogP contribution is -2.14. The van der Waals surface area contributed by atoms with Crippen molar-refractivity contribution in [1.29, 1.82) is 0 Å². The SMILES string of the molecule is Cc1cccc(NC(=O)c2nnn(-c3ccc4noc(-c5ccccc5)c4c3)c2C)c1. The first-order valence-corrected chi connectivity index (χ1v) is 9.86. The molecule has 0 radical (unpaired) electrons. The Morgan fingerprint density at radius 1 is 0.968 bits per heavy atom. The van der Waals surface area contributed by atoms with Crippen LogP contribution in [0.15, 0.2) is 77.3 Å². The molecule has 0 bridgehead atoms. The number of rotatable bonds is 4. The summed E-state index contributed by atoms with van der Waals surface area (Å²) in [5, 5.41) is 16.2. The Balaban J connectivity index is 1.50. The fourth-order valence-electron chi connectivity index (χ4n) is 3.56. The molecule has 0 unspecified atom stereocenters. The topological polar surface area (TPSA) is 85.8 Å². The summed E-state index contributed by atoms with van der Waals surface area (Å²) in [5.41, 5.74) is 5.16. The summed E-state index contributed by atoms with van der Waals surface area (Å²) in [5.74, 6) is 0.387. The van der Waals surface area contributed by atoms with Crippen molar-refractivity contribution in [2.75, 3.05) is 5.32 Å². The van der Waals surface area contributed by atoms with Gasteiger partial charge >= 0.3 is 0 Å². The first-order valence-electron chi connectivity index (χ1n) is 9.86. The number of carbonyl (C=O) groups is 1. The van der Waals surface area contributed by atoms with E-state index in [0.29, 0.717) is 11.5 Å². The average molecular weight is 409 g/mol. The normalized spacial score (nSPS) is 11.0. The van der Waals surface area contributed by atoms with Gasteiger partial charge in [-0.1, -0.05) is 52.8 Å². The smallest absolute Gasteiger partial charge is 0.278 e. The third-order valence-electron chi connectivity index (χ3n) is 5.13. The highest BCUT2D eigenvalue weighted by molar-refractivity contribution is 6.03. The molecule has 0 saturated heterocycles. The molecule has 2 heterocycles. The fraction of sp³-hybridized carbons (Fsp3) is 0.0833. The summed E-state index contributed by atoms with van der Waals surface area (Å²) in [6.07, 6.45) is 0. The fourth-order valence-corrected chi connectivity index (χ4v) is 3.56. The van der Waals surface area contributed by atoms with Crippen molar-refractivity contribution in [2.24, 2.45) is 0 Å². The van der Waals surface area contributed by atoms with E-state index in [2.05, 4.69) is 20.8 Å². The molecule has 1 amide bonds. The summed E-state index contributed by atoms with van der Waals surface area (Å²) in [7, 11) is 0. The molecule has 3 aromatic carbocycles. The molecule has 0 fully saturated rings. The lowest BCUT2D eigenvalue weighted by molar-refractivity contribution is 0.102. The third kappa shape index (κ3) is 3.46. The van der Waals surface area contributed by atoms with E-state index in [1.807, 2.05) is 86.6 Å². The molecule has 0 spiro atoms. The largest absolute Gasteiger partial charge is 0.355 e. The molecule has 1 N–H and O–H groups in total. The minimum Gasteiger partial charge on any atom is -0.355 e. The summed E-state index contributed by atoms with van der Waals surface area (Å²) >= 11 is 0. The van der Waals surface area contributed by atoms with Crippen molar-refractivity contribution < 1.29 is 9.32 Å². The minimum absolute atomic E-state index is 0.273. The zero-order chi connectivity index (χ0) is 21.4. The van der Waals surface area contributed by atoms with Crippen LogP contribution in [0, 0.1) is 13.8 Å². The zero-order valence-electron chi connectivity index (χ0n) is 17.0. The molecule has 0 aliphatic carbocycles. The number of benzene rings is 3. The van der Waals surface area contributed by atoms with Crippen LogP contribution in [0.5, 0.6) is 0 Å². The number of nitrogens with zero attached hydrogens (tertiary/aromatic N) is 4. The van der Waals surface area contributed by atoms with Crippen LogP contribution in [0.3, 0.4) is 0 Å². The van der Waals surface area contributed by atoms with Crippen LogP contribution in [0.4, 0.5) is 5.69 Å². The Morgan fingerprint density at radius 2 is 1.81 bits per heavy atom. The molecule has 5 rings (SSSR count). The van der Waals surface area contributed by atoms with Crippen molar-refractivity contribution in [3.05, 3.63) is 89.7 Å². The van der Waals surface area contributed by atoms with Crippen LogP contribution in [0.25, 0.3) is 27.9 Å². The van der Waals surface area contributed by atoms with Gasteiger partial charge in [0.25, 0.3) is 5.91 Å². The Bertz CT molecular complexity index is 1400. The summed E-state index contributed by atoms with van der Waals surface area (Å²) < 4.78 is 7.23. The number of amides is 1. The van der Waals surface area contributed by atoms with E-state index >= 15 is 0 Å². The van der Waals surface area contributed by atoms with Crippen LogP contribution in [0.2, 0.25) is 0 Å². The molecule has 0 saturated carbocycles. The number of aryl methyl sites for hydroxylation is 1. The standard InChI is InChI=1S/C24H19N5O2/c1-15-7-6-10-18(13-15)25-24(30)22-16(2)29(28-26-22)19-11-12-21-20(14-19)23(31-27-21)17-8-4-3-5-9-17/h3-14H,1-2H3,(H,25,30). The van der Waals surface area contributed by atoms with E-state index in [9.17, 15) is 4.79 Å². The molecule has 0 aliphatic heterocycles. The van der Waals surface area contributed by atoms with E-state index < -0.39 is 0 Å². The highest BCUT2D eigenvalue weighted by Gasteiger charge is 2.19. The minimum atomic E-state index is -0.301. The predicted octanol–water partition coefficient (Wildman–Crippen LogP) is 4.94. The lowest BCUT2D eigenvalue weighted by Gasteiger charge is -2.06. The monoisotopic (exact) mass is 409 g/mol. The van der Waals surface area contributed by atoms with Gasteiger partial charge in [0.2, 0.25) is 0 Å². The molecule has 7 nitrogen and oxygen atoms in total. The second-order valence-corrected chi connectivity index (χ2v) is 7.34. The second kappa shape index (κ2) is 7.53. The summed E-state index contributed by atoms with van der Waals surface area (Å²) in [6, 6.07) is 23.1. The number of fused-ring (bicyclic) bond motifs is 1. The van der Waals surface area contributed by atoms with Gasteiger partial charge in [0.15, 0.2) is 11.5 Å². The summed E-state index contributed by atoms with van der Waals surface area (Å²) in [6.45, 7) is 3.79. The number of hydrogen-bond donors (Lipinski definition) is 1. The summed E-state index contributed by atoms with van der Waals surface area (Å²) in [4.78, 5) is 12.7. The maximum atomic E-state index is 12.7. The van der Waals surface area contributed by atoms with Crippen LogP contribution < -0.4 is 5.32 Å². The van der Waals surface area contributed by atoms with Crippen LogP contribution in [-0.4, -0.2) is 26.1 Å². The second-order valence-electron chi connectivity index (χ2n) is 7.34. The van der Waals surface area contributed by atoms with Crippen molar-refractivity contribution >= 4 is 22.5 Å². The highest BCUT2D eigenvalue weighted by Crippen LogP contribution is 2.30. The average Bonchev–Trinajstić information content (AvgIpc) is 3.37. The quantitative estimate of drug-likeness (QED) is 0.454. The molecule has 31 heavy (non-hydrogen) atoms. The highest BCUT2D eigenvalue weighted by atomic mass is 16.5. The molecule has 2 aromatic heterocycles. The maximum Gasteiger partial charge on any atom is 0.278 e. The Hall–Kier alpha value is -4.26. The number of nitrogens with one attached hydrogen (secondary N) is 1. The zero-order valence-corrected chi connectivity index (χ0v) is 17.0. The van der Waals surface area contributed by atoms with Gasteiger partial charge in [0.1, 0.15) is 5.52 Å². The van der Waals surface area contributed by atoms with E-state index in [1.165, 1.54) is 0 Å². The van der Waals surface area contributed by atoms with Crippen molar-refractivity contribution in [3.8, 4) is 17.0 Å². The molecular formula is C24H19N5O2. The van der Waals surface area contributed by atoms with Gasteiger partial charge in [-0.05, 0) is 49.7 Å². The van der Waals surface area contributed by atoms with Crippen molar-refractivity contribution in [1.82, 2.24) is 20.2 Å². The van der Waals surface area contributed by atoms with E-state index in [1.54, 1.807) is 4.68 Å². The van der Waals surface area contributed by atoms with E-state index in [0.717, 1.165) is 33.4 Å². The van der Waals surface area contributed by atoms with Gasteiger partial charge in [0.05, 0.1) is 16.8 Å². The van der Waals surface area contributed by atoms with Gasteiger partial charge in [-0.2, -0.15) is 0 Å². The number of carbonyl (C=O) groups excluding carboxylic acids is 1. The maximum absolute atomic E-state index is 12.7. The first kappa shape index (κ1) is 18.7. The van der Waals surface area contributed by atoms with Crippen LogP contribution >= 0.6 is 0 Å². The third-order valence-corrected chi connectivity index (χ3v) is 5.13. The van der Waals surface area contributed by atoms with Crippen molar-refractivity contribution in [2.45, 2.75) is 13.8 Å². The van der Waals surface area contributed by atoms with E-state index in [4.69, 9.17) is 4.52 Å². The number of hydrogen-bond acceptors (Lipinski definition) is 5. The molecule has 0 atom stereocenters. The van der Waals surface area contributed by atoms with Gasteiger partial charge in [-0.15, -0.1) is 5.10 Å². The number of anilines is 1. The predicted molar refractivity (Wildman–Crippen MR) is 118 cm³/mol. The Morgan fingerprint density at radius 3 is 2.61 bits per heavy atom. The van der Waals surface area contributed by atoms with Gasteiger partial charge in [-0.3, -0.25) is 4.79 Å². The van der Waals surface area contributed by atoms with Crippen LogP contribution in [-0.2, 0) is 0 Å². The molecule has 7 heteroatoms. The molecule has 5 aromatic rings. The molecule has 0 aliphatic rings. The lowest BCUT2D eigenvalue weighted by atomic mass is 10.1. The van der Waals surface area contributed by atoms with Crippen molar-refractivity contribution in [3.63, 3.8) is 0 Å².